The molecule has 0 aromatic carbocycles. The van der Waals surface area contributed by atoms with Crippen molar-refractivity contribution in [3.05, 3.63) is 12.2 Å². The SMILES string of the molecule is CCCCCCCCCCCC/C=C/C(O)[C]=O. The Bertz CT molecular complexity index is 199. The first kappa shape index (κ1) is 17.4. The molecule has 2 nitrogen and oxygen atoms in total. The van der Waals surface area contributed by atoms with Gasteiger partial charge in [-0.25, -0.2) is 0 Å². The number of unbranched alkanes of at least 4 members (excludes halogenated alkanes) is 10. The maximum absolute atomic E-state index is 10.0. The van der Waals surface area contributed by atoms with E-state index in [-0.39, 0.29) is 0 Å². The van der Waals surface area contributed by atoms with Crippen LogP contribution in [0.1, 0.15) is 77.6 Å². The zero-order valence-electron chi connectivity index (χ0n) is 11.9. The van der Waals surface area contributed by atoms with Crippen molar-refractivity contribution >= 4 is 6.29 Å². The second-order valence-electron chi connectivity index (χ2n) is 4.96. The van der Waals surface area contributed by atoms with Gasteiger partial charge in [0.1, 0.15) is 6.10 Å². The van der Waals surface area contributed by atoms with Crippen LogP contribution in [0.5, 0.6) is 0 Å². The van der Waals surface area contributed by atoms with E-state index < -0.39 is 6.10 Å². The molecule has 0 aromatic rings. The van der Waals surface area contributed by atoms with E-state index in [0.717, 1.165) is 12.8 Å². The quantitative estimate of drug-likeness (QED) is 0.392. The maximum Gasteiger partial charge on any atom is 0.233 e. The van der Waals surface area contributed by atoms with Gasteiger partial charge in [-0.3, -0.25) is 4.79 Å². The first-order valence-corrected chi connectivity index (χ1v) is 7.53. The first-order chi connectivity index (χ1) is 8.81. The molecule has 0 aliphatic heterocycles. The highest BCUT2D eigenvalue weighted by molar-refractivity contribution is 5.59. The summed E-state index contributed by atoms with van der Waals surface area (Å²) < 4.78 is 0. The highest BCUT2D eigenvalue weighted by Gasteiger charge is 1.94. The minimum atomic E-state index is -1.03. The highest BCUT2D eigenvalue weighted by Crippen LogP contribution is 2.11. The number of aliphatic hydroxyl groups excluding tert-OH is 1. The Kier molecular flexibility index (Phi) is 13.9. The molecule has 0 amide bonds. The van der Waals surface area contributed by atoms with Gasteiger partial charge < -0.3 is 5.11 Å². The molecule has 18 heavy (non-hydrogen) atoms. The molecule has 0 aromatic heterocycles. The summed E-state index contributed by atoms with van der Waals surface area (Å²) in [5.74, 6) is 0. The second kappa shape index (κ2) is 14.4. The van der Waals surface area contributed by atoms with E-state index in [1.807, 2.05) is 6.08 Å². The maximum atomic E-state index is 10.0. The molecule has 0 saturated carbocycles. The summed E-state index contributed by atoms with van der Waals surface area (Å²) in [4.78, 5) is 10.0. The van der Waals surface area contributed by atoms with Gasteiger partial charge in [-0.1, -0.05) is 76.9 Å². The predicted molar refractivity (Wildman–Crippen MR) is 77.3 cm³/mol. The van der Waals surface area contributed by atoms with Gasteiger partial charge in [-0.2, -0.15) is 0 Å². The summed E-state index contributed by atoms with van der Waals surface area (Å²) >= 11 is 0. The van der Waals surface area contributed by atoms with E-state index in [4.69, 9.17) is 5.11 Å². The second-order valence-corrected chi connectivity index (χ2v) is 4.96. The first-order valence-electron chi connectivity index (χ1n) is 7.53. The molecule has 1 radical (unpaired) electrons. The lowest BCUT2D eigenvalue weighted by Gasteiger charge is -2.01. The predicted octanol–water partition coefficient (Wildman–Crippen LogP) is 4.32. The van der Waals surface area contributed by atoms with Crippen molar-refractivity contribution in [2.45, 2.75) is 83.7 Å². The summed E-state index contributed by atoms with van der Waals surface area (Å²) in [5.41, 5.74) is 0. The van der Waals surface area contributed by atoms with E-state index in [1.54, 1.807) is 0 Å². The van der Waals surface area contributed by atoms with Crippen LogP contribution >= 0.6 is 0 Å². The zero-order chi connectivity index (χ0) is 13.5. The molecule has 105 valence electrons. The van der Waals surface area contributed by atoms with Gasteiger partial charge in [0.25, 0.3) is 0 Å². The largest absolute Gasteiger partial charge is 0.381 e. The Morgan fingerprint density at radius 3 is 1.94 bits per heavy atom. The third kappa shape index (κ3) is 13.4. The molecule has 0 aliphatic carbocycles. The molecular formula is C16H29O2. The van der Waals surface area contributed by atoms with Crippen molar-refractivity contribution in [1.82, 2.24) is 0 Å². The third-order valence-electron chi connectivity index (χ3n) is 3.16. The van der Waals surface area contributed by atoms with E-state index in [1.165, 1.54) is 70.1 Å². The monoisotopic (exact) mass is 253 g/mol. The third-order valence-corrected chi connectivity index (χ3v) is 3.16. The van der Waals surface area contributed by atoms with E-state index in [2.05, 4.69) is 6.92 Å². The molecule has 0 heterocycles. The molecular weight excluding hydrogens is 224 g/mol. The fraction of sp³-hybridized carbons (Fsp3) is 0.812. The van der Waals surface area contributed by atoms with Gasteiger partial charge >= 0.3 is 0 Å². The van der Waals surface area contributed by atoms with Crippen molar-refractivity contribution in [3.63, 3.8) is 0 Å². The van der Waals surface area contributed by atoms with Crippen LogP contribution in [0.3, 0.4) is 0 Å². The number of carbonyl (C=O) groups excluding carboxylic acids is 1. The molecule has 1 N–H and O–H groups in total. The minimum Gasteiger partial charge on any atom is -0.381 e. The van der Waals surface area contributed by atoms with Crippen LogP contribution in [0.4, 0.5) is 0 Å². The summed E-state index contributed by atoms with van der Waals surface area (Å²) in [6.07, 6.45) is 18.2. The molecule has 0 bridgehead atoms. The van der Waals surface area contributed by atoms with Crippen LogP contribution in [0.25, 0.3) is 0 Å². The number of allylic oxidation sites excluding steroid dienone is 1. The molecule has 0 rings (SSSR count). The van der Waals surface area contributed by atoms with Crippen LogP contribution in [0.2, 0.25) is 0 Å². The number of hydrogen-bond donors (Lipinski definition) is 1. The molecule has 0 saturated heterocycles. The average Bonchev–Trinajstić information content (AvgIpc) is 2.39. The van der Waals surface area contributed by atoms with Crippen molar-refractivity contribution in [1.29, 1.82) is 0 Å². The number of aliphatic hydroxyl groups is 1. The van der Waals surface area contributed by atoms with Gasteiger partial charge in [0.05, 0.1) is 0 Å². The summed E-state index contributed by atoms with van der Waals surface area (Å²) in [6, 6.07) is 0. The normalized spacial score (nSPS) is 13.0. The van der Waals surface area contributed by atoms with Gasteiger partial charge in [0.2, 0.25) is 6.29 Å². The topological polar surface area (TPSA) is 37.3 Å². The zero-order valence-corrected chi connectivity index (χ0v) is 11.9. The van der Waals surface area contributed by atoms with Crippen LogP contribution in [0.15, 0.2) is 12.2 Å². The summed E-state index contributed by atoms with van der Waals surface area (Å²) in [6.45, 7) is 2.25. The van der Waals surface area contributed by atoms with E-state index in [9.17, 15) is 4.79 Å². The van der Waals surface area contributed by atoms with Crippen LogP contribution in [-0.4, -0.2) is 17.5 Å². The summed E-state index contributed by atoms with van der Waals surface area (Å²) in [5, 5.41) is 8.91. The van der Waals surface area contributed by atoms with Crippen molar-refractivity contribution in [2.24, 2.45) is 0 Å². The van der Waals surface area contributed by atoms with Crippen LogP contribution in [0, 0.1) is 0 Å². The number of rotatable bonds is 13. The Labute approximate surface area is 112 Å². The molecule has 0 aliphatic rings. The molecule has 0 fully saturated rings. The molecule has 2 heteroatoms. The van der Waals surface area contributed by atoms with Gasteiger partial charge in [-0.15, -0.1) is 0 Å². The van der Waals surface area contributed by atoms with Crippen LogP contribution < -0.4 is 0 Å². The molecule has 1 unspecified atom stereocenters. The minimum absolute atomic E-state index is 0.954. The molecule has 1 atom stereocenters. The highest BCUT2D eigenvalue weighted by atomic mass is 16.3. The molecule has 0 spiro atoms. The Balaban J connectivity index is 3.07. The Morgan fingerprint density at radius 2 is 1.44 bits per heavy atom. The van der Waals surface area contributed by atoms with Crippen LogP contribution in [-0.2, 0) is 4.79 Å². The Hall–Kier alpha value is -0.630. The lowest BCUT2D eigenvalue weighted by Crippen LogP contribution is -2.01. The standard InChI is InChI=1S/C16H29O2/c1-2-3-4-5-6-7-8-9-10-11-12-13-14-16(18)15-17/h13-14,16,18H,2-12H2,1H3/b14-13+. The van der Waals surface area contributed by atoms with E-state index >= 15 is 0 Å². The lowest BCUT2D eigenvalue weighted by molar-refractivity contribution is 0.280. The summed E-state index contributed by atoms with van der Waals surface area (Å²) in [7, 11) is 0. The number of hydrogen-bond acceptors (Lipinski definition) is 2. The lowest BCUT2D eigenvalue weighted by atomic mass is 10.1. The van der Waals surface area contributed by atoms with E-state index in [0.29, 0.717) is 0 Å². The smallest absolute Gasteiger partial charge is 0.233 e. The van der Waals surface area contributed by atoms with Crippen molar-refractivity contribution < 1.29 is 9.90 Å². The average molecular weight is 253 g/mol. The van der Waals surface area contributed by atoms with Gasteiger partial charge in [0, 0.05) is 0 Å². The van der Waals surface area contributed by atoms with Gasteiger partial charge in [-0.05, 0) is 12.8 Å². The Morgan fingerprint density at radius 1 is 0.944 bits per heavy atom. The van der Waals surface area contributed by atoms with Crippen molar-refractivity contribution in [2.75, 3.05) is 0 Å². The fourth-order valence-electron chi connectivity index (χ4n) is 2.01. The van der Waals surface area contributed by atoms with Crippen molar-refractivity contribution in [3.8, 4) is 0 Å². The van der Waals surface area contributed by atoms with Gasteiger partial charge in [0.15, 0.2) is 0 Å². The fourth-order valence-corrected chi connectivity index (χ4v) is 2.01.